The number of benzene rings is 2. The highest BCUT2D eigenvalue weighted by Gasteiger charge is 2.44. The van der Waals surface area contributed by atoms with Crippen molar-refractivity contribution in [3.05, 3.63) is 52.9 Å². The minimum absolute atomic E-state index is 0.0426. The molecule has 39 heavy (non-hydrogen) atoms. The Labute approximate surface area is 226 Å². The molecule has 0 saturated carbocycles. The van der Waals surface area contributed by atoms with E-state index in [0.29, 0.717) is 17.9 Å². The molecule has 10 heteroatoms. The Balaban J connectivity index is 1.44. The van der Waals surface area contributed by atoms with Gasteiger partial charge in [-0.25, -0.2) is 0 Å². The van der Waals surface area contributed by atoms with Crippen LogP contribution in [0.2, 0.25) is 0 Å². The summed E-state index contributed by atoms with van der Waals surface area (Å²) < 4.78 is 22.4. The fourth-order valence-electron chi connectivity index (χ4n) is 4.57. The van der Waals surface area contributed by atoms with Crippen LogP contribution in [0.4, 0.5) is 0 Å². The number of hydrogen-bond donors (Lipinski definition) is 5. The van der Waals surface area contributed by atoms with Gasteiger partial charge in [-0.2, -0.15) is 0 Å². The van der Waals surface area contributed by atoms with Gasteiger partial charge < -0.3 is 44.2 Å². The van der Waals surface area contributed by atoms with Crippen molar-refractivity contribution in [2.75, 3.05) is 13.2 Å². The van der Waals surface area contributed by atoms with E-state index < -0.39 is 42.7 Å². The van der Waals surface area contributed by atoms with Gasteiger partial charge in [-0.15, -0.1) is 0 Å². The van der Waals surface area contributed by atoms with Crippen LogP contribution in [0.1, 0.15) is 45.4 Å². The molecule has 4 rings (SSSR count). The highest BCUT2D eigenvalue weighted by Crippen LogP contribution is 2.31. The average molecular weight is 545 g/mol. The Hall–Kier alpha value is -3.15. The number of phenolic OH excluding ortho intramolecular Hbond substituents is 1. The van der Waals surface area contributed by atoms with E-state index in [1.165, 1.54) is 50.1 Å². The topological polar surface area (TPSA) is 159 Å². The third-order valence-electron chi connectivity index (χ3n) is 6.86. The Morgan fingerprint density at radius 2 is 1.62 bits per heavy atom. The molecule has 1 aromatic heterocycles. The first-order valence-electron chi connectivity index (χ1n) is 13.3. The molecular weight excluding hydrogens is 508 g/mol. The summed E-state index contributed by atoms with van der Waals surface area (Å²) in [6.07, 6.45) is 1.10. The summed E-state index contributed by atoms with van der Waals surface area (Å²) in [6, 6.07) is 9.24. The van der Waals surface area contributed by atoms with Gasteiger partial charge in [0.05, 0.1) is 18.8 Å². The standard InChI is InChI=1S/C29H36O10/c1-2-3-4-5-6-7-12-36-19-13-21(31)24-22(14-19)37-16-20(25(24)32)17-8-10-18(11-9-17)38-29-28(35)27(34)26(33)23(15-30)39-29/h8-11,13-14,16,23,26-31,33-35H,2-7,12,15H2,1H3/t23-,26-,27+,28-,29-/m1/s1. The highest BCUT2D eigenvalue weighted by molar-refractivity contribution is 5.88. The predicted molar refractivity (Wildman–Crippen MR) is 143 cm³/mol. The lowest BCUT2D eigenvalue weighted by Gasteiger charge is -2.39. The number of unbranched alkanes of at least 4 members (excludes halogenated alkanes) is 5. The van der Waals surface area contributed by atoms with Gasteiger partial charge >= 0.3 is 0 Å². The van der Waals surface area contributed by atoms with E-state index >= 15 is 0 Å². The maximum Gasteiger partial charge on any atom is 0.229 e. The van der Waals surface area contributed by atoms with Crippen LogP contribution in [-0.4, -0.2) is 69.5 Å². The van der Waals surface area contributed by atoms with Crippen LogP contribution in [0.15, 0.2) is 51.9 Å². The van der Waals surface area contributed by atoms with E-state index in [2.05, 4.69) is 6.92 Å². The van der Waals surface area contributed by atoms with Crippen LogP contribution < -0.4 is 14.9 Å². The minimum atomic E-state index is -1.56. The fraction of sp³-hybridized carbons (Fsp3) is 0.483. The number of fused-ring (bicyclic) bond motifs is 1. The average Bonchev–Trinajstić information content (AvgIpc) is 2.93. The van der Waals surface area contributed by atoms with E-state index in [4.69, 9.17) is 18.6 Å². The molecule has 0 aliphatic carbocycles. The van der Waals surface area contributed by atoms with Crippen molar-refractivity contribution in [3.8, 4) is 28.4 Å². The van der Waals surface area contributed by atoms with E-state index in [9.17, 15) is 30.3 Å². The molecule has 5 atom stereocenters. The van der Waals surface area contributed by atoms with Crippen LogP contribution in [0.3, 0.4) is 0 Å². The molecule has 1 aliphatic rings. The van der Waals surface area contributed by atoms with E-state index in [1.807, 2.05) is 0 Å². The Morgan fingerprint density at radius 1 is 0.897 bits per heavy atom. The lowest BCUT2D eigenvalue weighted by Crippen LogP contribution is -2.60. The van der Waals surface area contributed by atoms with Gasteiger partial charge in [0.15, 0.2) is 0 Å². The zero-order valence-corrected chi connectivity index (χ0v) is 21.9. The van der Waals surface area contributed by atoms with Gasteiger partial charge in [0.25, 0.3) is 0 Å². The number of rotatable bonds is 12. The van der Waals surface area contributed by atoms with Crippen molar-refractivity contribution in [2.24, 2.45) is 0 Å². The Morgan fingerprint density at radius 3 is 2.33 bits per heavy atom. The summed E-state index contributed by atoms with van der Waals surface area (Å²) in [4.78, 5) is 13.2. The molecule has 10 nitrogen and oxygen atoms in total. The molecule has 3 aromatic rings. The highest BCUT2D eigenvalue weighted by atomic mass is 16.7. The van der Waals surface area contributed by atoms with Gasteiger partial charge in [0, 0.05) is 12.1 Å². The third kappa shape index (κ3) is 6.71. The number of aliphatic hydroxyl groups is 4. The summed E-state index contributed by atoms with van der Waals surface area (Å²) in [5.41, 5.74) is 0.510. The molecule has 0 bridgehead atoms. The third-order valence-corrected chi connectivity index (χ3v) is 6.86. The van der Waals surface area contributed by atoms with Gasteiger partial charge in [0.2, 0.25) is 11.7 Å². The maximum atomic E-state index is 13.2. The van der Waals surface area contributed by atoms with Crippen LogP contribution in [0, 0.1) is 0 Å². The largest absolute Gasteiger partial charge is 0.507 e. The summed E-state index contributed by atoms with van der Waals surface area (Å²) in [5.74, 6) is 0.450. The molecular formula is C29H36O10. The van der Waals surface area contributed by atoms with Gasteiger partial charge in [-0.05, 0) is 24.1 Å². The second kappa shape index (κ2) is 13.3. The van der Waals surface area contributed by atoms with E-state index in [0.717, 1.165) is 12.8 Å². The number of phenols is 1. The summed E-state index contributed by atoms with van der Waals surface area (Å²) in [5, 5.41) is 50.0. The van der Waals surface area contributed by atoms with Crippen LogP contribution in [0.25, 0.3) is 22.1 Å². The second-order valence-corrected chi connectivity index (χ2v) is 9.75. The molecule has 0 radical (unpaired) electrons. The summed E-state index contributed by atoms with van der Waals surface area (Å²) >= 11 is 0. The first-order chi connectivity index (χ1) is 18.8. The zero-order valence-electron chi connectivity index (χ0n) is 21.9. The number of ether oxygens (including phenoxy) is 3. The van der Waals surface area contributed by atoms with Crippen molar-refractivity contribution in [1.82, 2.24) is 0 Å². The molecule has 2 heterocycles. The molecule has 212 valence electrons. The molecule has 5 N–H and O–H groups in total. The van der Waals surface area contributed by atoms with Crippen LogP contribution in [-0.2, 0) is 4.74 Å². The first kappa shape index (κ1) is 28.8. The fourth-order valence-corrected chi connectivity index (χ4v) is 4.57. The molecule has 2 aromatic carbocycles. The molecule has 1 saturated heterocycles. The van der Waals surface area contributed by atoms with Gasteiger partial charge in [-0.3, -0.25) is 4.79 Å². The molecule has 0 unspecified atom stereocenters. The number of aliphatic hydroxyl groups excluding tert-OH is 4. The molecule has 0 amide bonds. The summed E-state index contributed by atoms with van der Waals surface area (Å²) in [7, 11) is 0. The van der Waals surface area contributed by atoms with Crippen molar-refractivity contribution in [1.29, 1.82) is 0 Å². The smallest absolute Gasteiger partial charge is 0.229 e. The van der Waals surface area contributed by atoms with E-state index in [-0.39, 0.29) is 28.0 Å². The maximum absolute atomic E-state index is 13.2. The van der Waals surface area contributed by atoms with E-state index in [1.54, 1.807) is 18.2 Å². The Bertz CT molecular complexity index is 1270. The quantitative estimate of drug-likeness (QED) is 0.215. The monoisotopic (exact) mass is 544 g/mol. The van der Waals surface area contributed by atoms with Crippen LogP contribution >= 0.6 is 0 Å². The SMILES string of the molecule is CCCCCCCCOc1cc(O)c2c(=O)c(-c3ccc(O[C@@H]4O[C@H](CO)[C@@H](O)[C@H](O)[C@H]4O)cc3)coc2c1. The second-order valence-electron chi connectivity index (χ2n) is 9.75. The van der Waals surface area contributed by atoms with Crippen LogP contribution in [0.5, 0.6) is 17.2 Å². The van der Waals surface area contributed by atoms with Crippen molar-refractivity contribution >= 4 is 11.0 Å². The number of aromatic hydroxyl groups is 1. The van der Waals surface area contributed by atoms with Gasteiger partial charge in [-0.1, -0.05) is 51.2 Å². The molecule has 1 fully saturated rings. The Kier molecular flexibility index (Phi) is 9.82. The lowest BCUT2D eigenvalue weighted by atomic mass is 9.99. The normalized spacial score (nSPS) is 23.2. The van der Waals surface area contributed by atoms with Crippen molar-refractivity contribution in [3.63, 3.8) is 0 Å². The summed E-state index contributed by atoms with van der Waals surface area (Å²) in [6.45, 7) is 2.12. The van der Waals surface area contributed by atoms with Gasteiger partial charge in [0.1, 0.15) is 58.9 Å². The zero-order chi connectivity index (χ0) is 27.9. The first-order valence-corrected chi connectivity index (χ1v) is 13.3. The molecule has 1 aliphatic heterocycles. The number of hydrogen-bond acceptors (Lipinski definition) is 10. The predicted octanol–water partition coefficient (Wildman–Crippen LogP) is 3.08. The molecule has 0 spiro atoms. The lowest BCUT2D eigenvalue weighted by molar-refractivity contribution is -0.277. The minimum Gasteiger partial charge on any atom is -0.507 e. The van der Waals surface area contributed by atoms with Crippen molar-refractivity contribution < 1.29 is 44.2 Å². The van der Waals surface area contributed by atoms with Crippen molar-refractivity contribution in [2.45, 2.75) is 76.2 Å².